The van der Waals surface area contributed by atoms with Crippen molar-refractivity contribution in [2.45, 2.75) is 19.9 Å². The van der Waals surface area contributed by atoms with E-state index in [9.17, 15) is 8.78 Å². The highest BCUT2D eigenvalue weighted by Crippen LogP contribution is 2.28. The lowest BCUT2D eigenvalue weighted by Gasteiger charge is -2.12. The van der Waals surface area contributed by atoms with Gasteiger partial charge in [0, 0.05) is 5.56 Å². The van der Waals surface area contributed by atoms with Crippen LogP contribution in [0.5, 0.6) is 0 Å². The van der Waals surface area contributed by atoms with Crippen LogP contribution in [0.2, 0.25) is 0 Å². The Kier molecular flexibility index (Phi) is 3.17. The minimum absolute atomic E-state index is 0.127. The van der Waals surface area contributed by atoms with Crippen molar-refractivity contribution in [1.29, 1.82) is 0 Å². The predicted molar refractivity (Wildman–Crippen MR) is 61.8 cm³/mol. The summed E-state index contributed by atoms with van der Waals surface area (Å²) in [5, 5.41) is 3.81. The van der Waals surface area contributed by atoms with E-state index in [1.807, 2.05) is 0 Å². The topological polar surface area (TPSA) is 51.8 Å². The van der Waals surface area contributed by atoms with Gasteiger partial charge in [-0.2, -0.15) is 0 Å². The predicted octanol–water partition coefficient (Wildman–Crippen LogP) is 2.48. The zero-order chi connectivity index (χ0) is 12.6. The number of nitrogens with zero attached hydrogens (tertiary/aromatic N) is 2. The molecule has 1 unspecified atom stereocenters. The number of hydrogen-bond donors (Lipinski definition) is 1. The van der Waals surface area contributed by atoms with E-state index in [0.717, 1.165) is 11.5 Å². The Hall–Kier alpha value is -1.40. The number of aromatic nitrogens is 2. The average molecular weight is 255 g/mol. The molecule has 0 saturated heterocycles. The van der Waals surface area contributed by atoms with Crippen LogP contribution in [0.1, 0.15) is 27.7 Å². The highest BCUT2D eigenvalue weighted by molar-refractivity contribution is 7.05. The molecule has 0 aliphatic carbocycles. The van der Waals surface area contributed by atoms with E-state index in [2.05, 4.69) is 9.59 Å². The van der Waals surface area contributed by atoms with Gasteiger partial charge in [-0.05, 0) is 30.9 Å². The molecule has 0 aliphatic rings. The fourth-order valence-corrected chi connectivity index (χ4v) is 2.23. The van der Waals surface area contributed by atoms with Crippen LogP contribution in [-0.2, 0) is 0 Å². The molecular weight excluding hydrogens is 244 g/mol. The molecule has 0 amide bonds. The van der Waals surface area contributed by atoms with Gasteiger partial charge in [0.25, 0.3) is 0 Å². The van der Waals surface area contributed by atoms with Crippen molar-refractivity contribution < 1.29 is 8.78 Å². The van der Waals surface area contributed by atoms with Crippen LogP contribution in [0.25, 0.3) is 0 Å². The number of halogens is 2. The van der Waals surface area contributed by atoms with Gasteiger partial charge in [0.2, 0.25) is 0 Å². The average Bonchev–Trinajstić information content (AvgIpc) is 2.72. The summed E-state index contributed by atoms with van der Waals surface area (Å²) in [6, 6.07) is 2.28. The van der Waals surface area contributed by atoms with Gasteiger partial charge in [-0.1, -0.05) is 16.6 Å². The van der Waals surface area contributed by atoms with Crippen LogP contribution in [0.4, 0.5) is 8.78 Å². The molecule has 0 saturated carbocycles. The molecule has 0 fully saturated rings. The van der Waals surface area contributed by atoms with E-state index in [-0.39, 0.29) is 11.1 Å². The second-order valence-corrected chi connectivity index (χ2v) is 4.59. The maximum Gasteiger partial charge on any atom is 0.164 e. The summed E-state index contributed by atoms with van der Waals surface area (Å²) in [7, 11) is 0. The molecule has 1 aromatic carbocycles. The van der Waals surface area contributed by atoms with Crippen molar-refractivity contribution in [3.63, 3.8) is 0 Å². The Balaban J connectivity index is 2.48. The zero-order valence-electron chi connectivity index (χ0n) is 9.37. The molecule has 0 aliphatic heterocycles. The highest BCUT2D eigenvalue weighted by atomic mass is 32.1. The molecule has 2 aromatic rings. The Morgan fingerprint density at radius 2 is 1.94 bits per heavy atom. The third-order valence-corrected chi connectivity index (χ3v) is 3.52. The Morgan fingerprint density at radius 1 is 1.24 bits per heavy atom. The highest BCUT2D eigenvalue weighted by Gasteiger charge is 2.21. The maximum absolute atomic E-state index is 13.7. The van der Waals surface area contributed by atoms with Crippen molar-refractivity contribution in [3.8, 4) is 0 Å². The third kappa shape index (κ3) is 2.05. The van der Waals surface area contributed by atoms with Crippen LogP contribution < -0.4 is 5.73 Å². The fourth-order valence-electron chi connectivity index (χ4n) is 1.57. The van der Waals surface area contributed by atoms with Crippen LogP contribution in [0.3, 0.4) is 0 Å². The van der Waals surface area contributed by atoms with E-state index in [4.69, 9.17) is 5.73 Å². The molecule has 0 radical (unpaired) electrons. The smallest absolute Gasteiger partial charge is 0.164 e. The van der Waals surface area contributed by atoms with E-state index >= 15 is 0 Å². The van der Waals surface area contributed by atoms with Gasteiger partial charge in [0.05, 0.1) is 16.6 Å². The van der Waals surface area contributed by atoms with Gasteiger partial charge in [0.1, 0.15) is 0 Å². The summed E-state index contributed by atoms with van der Waals surface area (Å²) in [6.45, 7) is 3.24. The standard InChI is InChI=1S/C11H11F2N3S/c1-5-3-4-7(9(13)8(5)12)10(14)11-6(2)15-16-17-11/h3-4,10H,14H2,1-2H3. The van der Waals surface area contributed by atoms with Gasteiger partial charge in [-0.3, -0.25) is 0 Å². The van der Waals surface area contributed by atoms with Gasteiger partial charge in [-0.15, -0.1) is 5.10 Å². The summed E-state index contributed by atoms with van der Waals surface area (Å²) in [5.74, 6) is -1.75. The molecule has 1 atom stereocenters. The van der Waals surface area contributed by atoms with E-state index < -0.39 is 17.7 Å². The second-order valence-electron chi connectivity index (χ2n) is 3.80. The van der Waals surface area contributed by atoms with Crippen LogP contribution >= 0.6 is 11.5 Å². The molecule has 1 aromatic heterocycles. The minimum atomic E-state index is -0.898. The summed E-state index contributed by atoms with van der Waals surface area (Å²) in [6.07, 6.45) is 0. The third-order valence-electron chi connectivity index (χ3n) is 2.61. The van der Waals surface area contributed by atoms with Gasteiger partial charge in [-0.25, -0.2) is 8.78 Å². The molecule has 0 spiro atoms. The van der Waals surface area contributed by atoms with E-state index in [0.29, 0.717) is 10.6 Å². The van der Waals surface area contributed by atoms with Gasteiger partial charge in [0.15, 0.2) is 11.6 Å². The lowest BCUT2D eigenvalue weighted by atomic mass is 10.0. The summed E-state index contributed by atoms with van der Waals surface area (Å²) < 4.78 is 30.9. The first kappa shape index (κ1) is 12.1. The zero-order valence-corrected chi connectivity index (χ0v) is 10.2. The van der Waals surface area contributed by atoms with Crippen molar-refractivity contribution in [2.75, 3.05) is 0 Å². The first-order valence-corrected chi connectivity index (χ1v) is 5.78. The summed E-state index contributed by atoms with van der Waals surface area (Å²) >= 11 is 1.10. The number of rotatable bonds is 2. The van der Waals surface area contributed by atoms with Crippen molar-refractivity contribution in [2.24, 2.45) is 5.73 Å². The molecule has 6 heteroatoms. The lowest BCUT2D eigenvalue weighted by molar-refractivity contribution is 0.489. The maximum atomic E-state index is 13.7. The molecule has 2 N–H and O–H groups in total. The number of aryl methyl sites for hydroxylation is 2. The molecule has 17 heavy (non-hydrogen) atoms. The van der Waals surface area contributed by atoms with Crippen molar-refractivity contribution in [1.82, 2.24) is 9.59 Å². The fraction of sp³-hybridized carbons (Fsp3) is 0.273. The molecule has 0 bridgehead atoms. The second kappa shape index (κ2) is 4.46. The molecule has 3 nitrogen and oxygen atoms in total. The SMILES string of the molecule is Cc1ccc(C(N)c2snnc2C)c(F)c1F. The van der Waals surface area contributed by atoms with Crippen molar-refractivity contribution >= 4 is 11.5 Å². The number of benzene rings is 1. The Morgan fingerprint density at radius 3 is 2.53 bits per heavy atom. The van der Waals surface area contributed by atoms with Gasteiger partial charge < -0.3 is 5.73 Å². The van der Waals surface area contributed by atoms with E-state index in [1.54, 1.807) is 6.92 Å². The molecule has 2 rings (SSSR count). The molecule has 1 heterocycles. The summed E-state index contributed by atoms with van der Waals surface area (Å²) in [5.41, 5.74) is 6.94. The number of hydrogen-bond acceptors (Lipinski definition) is 4. The number of nitrogens with two attached hydrogens (primary N) is 1. The van der Waals surface area contributed by atoms with Crippen molar-refractivity contribution in [3.05, 3.63) is 45.5 Å². The Bertz CT molecular complexity index is 554. The monoisotopic (exact) mass is 255 g/mol. The van der Waals surface area contributed by atoms with Gasteiger partial charge >= 0.3 is 0 Å². The minimum Gasteiger partial charge on any atom is -0.319 e. The van der Waals surface area contributed by atoms with Crippen LogP contribution in [0.15, 0.2) is 12.1 Å². The summed E-state index contributed by atoms with van der Waals surface area (Å²) in [4.78, 5) is 0.646. The lowest BCUT2D eigenvalue weighted by Crippen LogP contribution is -2.14. The first-order chi connectivity index (χ1) is 8.02. The largest absolute Gasteiger partial charge is 0.319 e. The quantitative estimate of drug-likeness (QED) is 0.897. The van der Waals surface area contributed by atoms with Crippen LogP contribution in [0, 0.1) is 25.5 Å². The van der Waals surface area contributed by atoms with E-state index in [1.165, 1.54) is 19.1 Å². The Labute approximate surface area is 101 Å². The first-order valence-electron chi connectivity index (χ1n) is 5.01. The molecule has 90 valence electrons. The molecular formula is C11H11F2N3S. The van der Waals surface area contributed by atoms with Crippen LogP contribution in [-0.4, -0.2) is 9.59 Å². The normalized spacial score (nSPS) is 12.8.